The van der Waals surface area contributed by atoms with Crippen LogP contribution in [-0.2, 0) is 9.53 Å². The van der Waals surface area contributed by atoms with Gasteiger partial charge >= 0.3 is 0 Å². The van der Waals surface area contributed by atoms with Crippen molar-refractivity contribution in [2.24, 2.45) is 0 Å². The first kappa shape index (κ1) is 23.0. The molecule has 1 aliphatic carbocycles. The monoisotopic (exact) mass is 472 g/mol. The second-order valence-corrected chi connectivity index (χ2v) is 8.74. The number of nitrogens with one attached hydrogen (secondary N) is 2. The molecule has 0 radical (unpaired) electrons. The number of anilines is 2. The summed E-state index contributed by atoms with van der Waals surface area (Å²) in [6, 6.07) is 16.6. The summed E-state index contributed by atoms with van der Waals surface area (Å²) in [5.41, 5.74) is 3.65. The number of ether oxygens (including phenoxy) is 2. The third kappa shape index (κ3) is 6.23. The molecule has 5 rings (SSSR count). The number of rotatable bonds is 8. The van der Waals surface area contributed by atoms with Gasteiger partial charge in [0.1, 0.15) is 5.75 Å². The Morgan fingerprint density at radius 3 is 2.51 bits per heavy atom. The SMILES string of the molecule is O=C(CN1CCOCC1)Nc1cc(C(=O)Nc2ccc(-c3cccnc3)cc2)ccc1OC1CC1. The Kier molecular flexibility index (Phi) is 7.02. The fraction of sp³-hybridized carbons (Fsp3) is 0.296. The molecule has 2 aromatic carbocycles. The van der Waals surface area contributed by atoms with E-state index < -0.39 is 0 Å². The lowest BCUT2D eigenvalue weighted by Gasteiger charge is -2.26. The maximum Gasteiger partial charge on any atom is 0.255 e. The Hall–Kier alpha value is -3.75. The molecule has 180 valence electrons. The highest BCUT2D eigenvalue weighted by atomic mass is 16.5. The van der Waals surface area contributed by atoms with Crippen LogP contribution in [0.3, 0.4) is 0 Å². The molecule has 2 aliphatic rings. The molecular weight excluding hydrogens is 444 g/mol. The van der Waals surface area contributed by atoms with Crippen molar-refractivity contribution in [2.45, 2.75) is 18.9 Å². The summed E-state index contributed by atoms with van der Waals surface area (Å²) in [6.07, 6.45) is 5.70. The summed E-state index contributed by atoms with van der Waals surface area (Å²) in [4.78, 5) is 31.9. The minimum absolute atomic E-state index is 0.143. The first-order valence-electron chi connectivity index (χ1n) is 11.9. The van der Waals surface area contributed by atoms with E-state index >= 15 is 0 Å². The summed E-state index contributed by atoms with van der Waals surface area (Å²) >= 11 is 0. The highest BCUT2D eigenvalue weighted by molar-refractivity contribution is 6.06. The van der Waals surface area contributed by atoms with Gasteiger partial charge in [-0.25, -0.2) is 0 Å². The molecule has 0 unspecified atom stereocenters. The predicted octanol–water partition coefficient (Wildman–Crippen LogP) is 3.81. The smallest absolute Gasteiger partial charge is 0.255 e. The van der Waals surface area contributed by atoms with Gasteiger partial charge in [-0.1, -0.05) is 18.2 Å². The third-order valence-electron chi connectivity index (χ3n) is 5.94. The average molecular weight is 473 g/mol. The number of hydrogen-bond donors (Lipinski definition) is 2. The molecule has 1 aliphatic heterocycles. The maximum atomic E-state index is 13.0. The number of nitrogens with zero attached hydrogens (tertiary/aromatic N) is 2. The second-order valence-electron chi connectivity index (χ2n) is 8.74. The number of pyridine rings is 1. The first-order valence-corrected chi connectivity index (χ1v) is 11.9. The first-order chi connectivity index (χ1) is 17.1. The van der Waals surface area contributed by atoms with Crippen molar-refractivity contribution in [3.05, 3.63) is 72.6 Å². The van der Waals surface area contributed by atoms with Gasteiger partial charge in [0.15, 0.2) is 0 Å². The zero-order valence-corrected chi connectivity index (χ0v) is 19.4. The lowest BCUT2D eigenvalue weighted by Crippen LogP contribution is -2.41. The second kappa shape index (κ2) is 10.7. The molecule has 3 aromatic rings. The van der Waals surface area contributed by atoms with Crippen LogP contribution in [0.25, 0.3) is 11.1 Å². The van der Waals surface area contributed by atoms with Gasteiger partial charge in [0, 0.05) is 36.7 Å². The lowest BCUT2D eigenvalue weighted by molar-refractivity contribution is -0.118. The zero-order valence-electron chi connectivity index (χ0n) is 19.4. The number of morpholine rings is 1. The minimum atomic E-state index is -0.263. The quantitative estimate of drug-likeness (QED) is 0.518. The standard InChI is InChI=1S/C27H28N4O4/c32-26(18-31-12-14-34-15-13-31)30-24-16-20(5-10-25(24)35-23-8-9-23)27(33)29-22-6-3-19(4-7-22)21-2-1-11-28-17-21/h1-7,10-11,16-17,23H,8-9,12-15,18H2,(H,29,33)(H,30,32). The van der Waals surface area contributed by atoms with Crippen LogP contribution in [0.1, 0.15) is 23.2 Å². The molecule has 2 amide bonds. The highest BCUT2D eigenvalue weighted by Gasteiger charge is 2.25. The van der Waals surface area contributed by atoms with E-state index in [1.807, 2.05) is 41.3 Å². The third-order valence-corrected chi connectivity index (χ3v) is 5.94. The molecule has 2 fully saturated rings. The predicted molar refractivity (Wildman–Crippen MR) is 134 cm³/mol. The number of amides is 2. The summed E-state index contributed by atoms with van der Waals surface area (Å²) in [5, 5.41) is 5.87. The van der Waals surface area contributed by atoms with Crippen molar-refractivity contribution in [1.82, 2.24) is 9.88 Å². The summed E-state index contributed by atoms with van der Waals surface area (Å²) in [7, 11) is 0. The molecular formula is C27H28N4O4. The van der Waals surface area contributed by atoms with Gasteiger partial charge in [-0.05, 0) is 60.4 Å². The molecule has 8 nitrogen and oxygen atoms in total. The molecule has 8 heteroatoms. The van der Waals surface area contributed by atoms with E-state index in [1.54, 1.807) is 30.6 Å². The molecule has 0 atom stereocenters. The minimum Gasteiger partial charge on any atom is -0.488 e. The van der Waals surface area contributed by atoms with Crippen LogP contribution in [0.4, 0.5) is 11.4 Å². The Labute approximate surface area is 204 Å². The lowest BCUT2D eigenvalue weighted by atomic mass is 10.1. The van der Waals surface area contributed by atoms with E-state index in [4.69, 9.17) is 9.47 Å². The van der Waals surface area contributed by atoms with Crippen LogP contribution in [-0.4, -0.2) is 60.7 Å². The molecule has 2 N–H and O–H groups in total. The normalized spacial score (nSPS) is 15.9. The molecule has 1 aromatic heterocycles. The summed E-state index contributed by atoms with van der Waals surface area (Å²) in [5.74, 6) is 0.178. The van der Waals surface area contributed by atoms with Crippen LogP contribution >= 0.6 is 0 Å². The van der Waals surface area contributed by atoms with Gasteiger partial charge < -0.3 is 20.1 Å². The molecule has 35 heavy (non-hydrogen) atoms. The number of aromatic nitrogens is 1. The highest BCUT2D eigenvalue weighted by Crippen LogP contribution is 2.33. The van der Waals surface area contributed by atoms with Crippen LogP contribution < -0.4 is 15.4 Å². The topological polar surface area (TPSA) is 92.8 Å². The van der Waals surface area contributed by atoms with Gasteiger partial charge in [0.2, 0.25) is 5.91 Å². The molecule has 1 saturated carbocycles. The van der Waals surface area contributed by atoms with Crippen LogP contribution in [0.2, 0.25) is 0 Å². The average Bonchev–Trinajstić information content (AvgIpc) is 3.71. The van der Waals surface area contributed by atoms with E-state index in [2.05, 4.69) is 15.6 Å². The number of carbonyl (C=O) groups is 2. The van der Waals surface area contributed by atoms with Gasteiger partial charge in [0.05, 0.1) is 31.5 Å². The van der Waals surface area contributed by atoms with Crippen molar-refractivity contribution in [1.29, 1.82) is 0 Å². The fourth-order valence-electron chi connectivity index (χ4n) is 3.87. The number of hydrogen-bond acceptors (Lipinski definition) is 6. The van der Waals surface area contributed by atoms with Crippen molar-refractivity contribution >= 4 is 23.2 Å². The van der Waals surface area contributed by atoms with Gasteiger partial charge in [-0.2, -0.15) is 0 Å². The van der Waals surface area contributed by atoms with Crippen molar-refractivity contribution in [3.8, 4) is 16.9 Å². The molecule has 0 spiro atoms. The Morgan fingerprint density at radius 2 is 1.80 bits per heavy atom. The Bertz CT molecular complexity index is 1170. The van der Waals surface area contributed by atoms with E-state index in [0.717, 1.165) is 37.1 Å². The summed E-state index contributed by atoms with van der Waals surface area (Å²) < 4.78 is 11.3. The van der Waals surface area contributed by atoms with Gasteiger partial charge in [-0.3, -0.25) is 19.5 Å². The Morgan fingerprint density at radius 1 is 1.00 bits per heavy atom. The van der Waals surface area contributed by atoms with E-state index in [1.165, 1.54) is 0 Å². The van der Waals surface area contributed by atoms with Gasteiger partial charge in [-0.15, -0.1) is 0 Å². The van der Waals surface area contributed by atoms with E-state index in [9.17, 15) is 9.59 Å². The van der Waals surface area contributed by atoms with Crippen LogP contribution in [0.15, 0.2) is 67.0 Å². The zero-order chi connectivity index (χ0) is 24.0. The van der Waals surface area contributed by atoms with E-state index in [0.29, 0.717) is 35.9 Å². The van der Waals surface area contributed by atoms with Crippen LogP contribution in [0, 0.1) is 0 Å². The Balaban J connectivity index is 1.27. The summed E-state index contributed by atoms with van der Waals surface area (Å²) in [6.45, 7) is 2.97. The number of carbonyl (C=O) groups excluding carboxylic acids is 2. The van der Waals surface area contributed by atoms with Crippen molar-refractivity contribution < 1.29 is 19.1 Å². The van der Waals surface area contributed by atoms with Crippen molar-refractivity contribution in [2.75, 3.05) is 43.5 Å². The molecule has 1 saturated heterocycles. The largest absolute Gasteiger partial charge is 0.488 e. The maximum absolute atomic E-state index is 13.0. The van der Waals surface area contributed by atoms with Crippen molar-refractivity contribution in [3.63, 3.8) is 0 Å². The molecule has 2 heterocycles. The number of benzene rings is 2. The van der Waals surface area contributed by atoms with Crippen LogP contribution in [0.5, 0.6) is 5.75 Å². The molecule has 0 bridgehead atoms. The fourth-order valence-corrected chi connectivity index (χ4v) is 3.87. The van der Waals surface area contributed by atoms with E-state index in [-0.39, 0.29) is 24.5 Å². The van der Waals surface area contributed by atoms with Gasteiger partial charge in [0.25, 0.3) is 5.91 Å².